The van der Waals surface area contributed by atoms with Gasteiger partial charge in [0.1, 0.15) is 0 Å². The number of aromatic nitrogens is 2. The standard InChI is InChI=1S/C10H9N3O3/c1-6-9(10(14)13(15)16)12-8-5-3-2-4-7(8)11-6/h2-5,15-16H,1H3. The zero-order valence-electron chi connectivity index (χ0n) is 8.45. The van der Waals surface area contributed by atoms with Gasteiger partial charge in [-0.2, -0.15) is 0 Å². The minimum absolute atomic E-state index is 0.0799. The molecule has 2 aromatic rings. The Morgan fingerprint density at radius 2 is 1.75 bits per heavy atom. The fourth-order valence-electron chi connectivity index (χ4n) is 1.39. The maximum Gasteiger partial charge on any atom is 0.323 e. The van der Waals surface area contributed by atoms with Crippen LogP contribution in [-0.2, 0) is 0 Å². The minimum Gasteiger partial charge on any atom is -0.262 e. The Kier molecular flexibility index (Phi) is 2.51. The molecule has 82 valence electrons. The van der Waals surface area contributed by atoms with Crippen LogP contribution in [0.5, 0.6) is 0 Å². The molecule has 16 heavy (non-hydrogen) atoms. The summed E-state index contributed by atoms with van der Waals surface area (Å²) in [7, 11) is 0. The summed E-state index contributed by atoms with van der Waals surface area (Å²) >= 11 is 0. The molecule has 0 fully saturated rings. The molecule has 6 heteroatoms. The summed E-state index contributed by atoms with van der Waals surface area (Å²) in [5.41, 5.74) is 1.44. The topological polar surface area (TPSA) is 86.6 Å². The number of nitrogens with zero attached hydrogens (tertiary/aromatic N) is 3. The van der Waals surface area contributed by atoms with E-state index in [1.807, 2.05) is 6.07 Å². The van der Waals surface area contributed by atoms with Crippen molar-refractivity contribution in [2.24, 2.45) is 0 Å². The van der Waals surface area contributed by atoms with Gasteiger partial charge in [-0.1, -0.05) is 17.4 Å². The Morgan fingerprint density at radius 1 is 1.19 bits per heavy atom. The summed E-state index contributed by atoms with van der Waals surface area (Å²) in [6, 6.07) is 7.02. The maximum atomic E-state index is 11.3. The van der Waals surface area contributed by atoms with E-state index in [-0.39, 0.29) is 5.69 Å². The van der Waals surface area contributed by atoms with Crippen molar-refractivity contribution in [3.8, 4) is 0 Å². The number of hydroxylamine groups is 2. The van der Waals surface area contributed by atoms with Crippen LogP contribution in [0.3, 0.4) is 0 Å². The number of hydrogen-bond donors (Lipinski definition) is 2. The molecule has 2 N–H and O–H groups in total. The van der Waals surface area contributed by atoms with E-state index in [1.165, 1.54) is 0 Å². The molecule has 2 rings (SSSR count). The maximum absolute atomic E-state index is 11.3. The van der Waals surface area contributed by atoms with Crippen LogP contribution in [0.25, 0.3) is 11.0 Å². The average Bonchev–Trinajstić information content (AvgIpc) is 2.27. The third-order valence-corrected chi connectivity index (χ3v) is 2.13. The van der Waals surface area contributed by atoms with E-state index in [1.54, 1.807) is 25.1 Å². The van der Waals surface area contributed by atoms with Crippen LogP contribution in [0, 0.1) is 6.92 Å². The first kappa shape index (κ1) is 10.5. The highest BCUT2D eigenvalue weighted by Crippen LogP contribution is 2.12. The van der Waals surface area contributed by atoms with E-state index in [2.05, 4.69) is 9.97 Å². The van der Waals surface area contributed by atoms with Crippen molar-refractivity contribution in [2.45, 2.75) is 6.92 Å². The predicted octanol–water partition coefficient (Wildman–Crippen LogP) is 1.16. The molecule has 0 unspecified atom stereocenters. The van der Waals surface area contributed by atoms with Crippen LogP contribution >= 0.6 is 0 Å². The zero-order chi connectivity index (χ0) is 11.7. The molecule has 1 amide bonds. The van der Waals surface area contributed by atoms with Gasteiger partial charge in [0.25, 0.3) is 0 Å². The first-order valence-corrected chi connectivity index (χ1v) is 4.55. The fraction of sp³-hybridized carbons (Fsp3) is 0.100. The van der Waals surface area contributed by atoms with Crippen molar-refractivity contribution >= 4 is 16.9 Å². The Bertz CT molecular complexity index is 554. The van der Waals surface area contributed by atoms with Gasteiger partial charge in [0, 0.05) is 0 Å². The van der Waals surface area contributed by atoms with Crippen molar-refractivity contribution < 1.29 is 15.2 Å². The first-order valence-electron chi connectivity index (χ1n) is 4.55. The second-order valence-electron chi connectivity index (χ2n) is 3.24. The van der Waals surface area contributed by atoms with Gasteiger partial charge >= 0.3 is 5.91 Å². The second-order valence-corrected chi connectivity index (χ2v) is 3.24. The molecular formula is C10H9N3O3. The second kappa shape index (κ2) is 3.84. The first-order chi connectivity index (χ1) is 7.59. The highest BCUT2D eigenvalue weighted by atomic mass is 16.8. The van der Waals surface area contributed by atoms with Crippen molar-refractivity contribution in [1.82, 2.24) is 15.2 Å². The molecule has 0 aliphatic carbocycles. The third-order valence-electron chi connectivity index (χ3n) is 2.13. The molecule has 0 bridgehead atoms. The van der Waals surface area contributed by atoms with Crippen LogP contribution in [0.1, 0.15) is 16.2 Å². The van der Waals surface area contributed by atoms with Gasteiger partial charge in [0.05, 0.1) is 16.7 Å². The summed E-state index contributed by atoms with van der Waals surface area (Å²) in [5, 5.41) is 16.8. The lowest BCUT2D eigenvalue weighted by Crippen LogP contribution is -2.25. The van der Waals surface area contributed by atoms with Gasteiger partial charge < -0.3 is 0 Å². The lowest BCUT2D eigenvalue weighted by molar-refractivity contribution is -0.260. The summed E-state index contributed by atoms with van der Waals surface area (Å²) < 4.78 is 0. The van der Waals surface area contributed by atoms with E-state index in [9.17, 15) is 4.79 Å². The van der Waals surface area contributed by atoms with Crippen LogP contribution in [0.4, 0.5) is 0 Å². The zero-order valence-corrected chi connectivity index (χ0v) is 8.45. The van der Waals surface area contributed by atoms with E-state index < -0.39 is 11.1 Å². The highest BCUT2D eigenvalue weighted by molar-refractivity contribution is 5.93. The smallest absolute Gasteiger partial charge is 0.262 e. The molecule has 6 nitrogen and oxygen atoms in total. The lowest BCUT2D eigenvalue weighted by atomic mass is 10.2. The van der Waals surface area contributed by atoms with Gasteiger partial charge in [-0.05, 0) is 19.1 Å². The molecule has 0 saturated heterocycles. The molecule has 1 aromatic carbocycles. The van der Waals surface area contributed by atoms with Gasteiger partial charge in [-0.15, -0.1) is 0 Å². The van der Waals surface area contributed by atoms with Gasteiger partial charge in [-0.25, -0.2) is 9.97 Å². The number of para-hydroxylation sites is 2. The summed E-state index contributed by atoms with van der Waals surface area (Å²) in [6.07, 6.45) is 0. The molecule has 0 radical (unpaired) electrons. The Balaban J connectivity index is 2.63. The van der Waals surface area contributed by atoms with Crippen molar-refractivity contribution in [1.29, 1.82) is 0 Å². The van der Waals surface area contributed by atoms with E-state index >= 15 is 0 Å². The Morgan fingerprint density at radius 3 is 2.31 bits per heavy atom. The van der Waals surface area contributed by atoms with Crippen LogP contribution in [0.2, 0.25) is 0 Å². The monoisotopic (exact) mass is 219 g/mol. The number of amides is 1. The molecule has 1 aromatic heterocycles. The molecule has 0 saturated carbocycles. The van der Waals surface area contributed by atoms with E-state index in [0.717, 1.165) is 0 Å². The quantitative estimate of drug-likeness (QED) is 0.555. The Labute approximate surface area is 90.7 Å². The largest absolute Gasteiger partial charge is 0.323 e. The number of aryl methyl sites for hydroxylation is 1. The number of fused-ring (bicyclic) bond motifs is 1. The number of rotatable bonds is 1. The van der Waals surface area contributed by atoms with Crippen molar-refractivity contribution in [3.05, 3.63) is 35.7 Å². The van der Waals surface area contributed by atoms with Crippen molar-refractivity contribution in [3.63, 3.8) is 0 Å². The number of carbonyl (C=O) groups excluding carboxylic acids is 1. The number of carbonyl (C=O) groups is 1. The number of hydrogen-bond acceptors (Lipinski definition) is 5. The van der Waals surface area contributed by atoms with Crippen LogP contribution in [-0.4, -0.2) is 31.5 Å². The van der Waals surface area contributed by atoms with E-state index in [4.69, 9.17) is 10.4 Å². The summed E-state index contributed by atoms with van der Waals surface area (Å²) in [6.45, 7) is 1.58. The molecule has 0 aliphatic heterocycles. The Hall–Kier alpha value is -2.05. The van der Waals surface area contributed by atoms with Crippen molar-refractivity contribution in [2.75, 3.05) is 0 Å². The summed E-state index contributed by atoms with van der Waals surface area (Å²) in [4.78, 5) is 19.5. The average molecular weight is 219 g/mol. The minimum atomic E-state index is -1.00. The molecule has 1 heterocycles. The SMILES string of the molecule is Cc1nc2ccccc2nc1C(=O)N(O)O. The van der Waals surface area contributed by atoms with Gasteiger partial charge in [-0.3, -0.25) is 15.2 Å². The lowest BCUT2D eigenvalue weighted by Gasteiger charge is -2.08. The van der Waals surface area contributed by atoms with Gasteiger partial charge in [0.2, 0.25) is 0 Å². The fourth-order valence-corrected chi connectivity index (χ4v) is 1.39. The molecule has 0 aliphatic rings. The number of benzene rings is 1. The van der Waals surface area contributed by atoms with E-state index in [0.29, 0.717) is 16.7 Å². The molecule has 0 atom stereocenters. The van der Waals surface area contributed by atoms with Crippen LogP contribution < -0.4 is 0 Å². The third kappa shape index (κ3) is 1.71. The predicted molar refractivity (Wildman–Crippen MR) is 54.0 cm³/mol. The molecule has 0 spiro atoms. The summed E-state index contributed by atoms with van der Waals surface area (Å²) in [5.74, 6) is -1.00. The van der Waals surface area contributed by atoms with Crippen LogP contribution in [0.15, 0.2) is 24.3 Å². The van der Waals surface area contributed by atoms with Gasteiger partial charge in [0.15, 0.2) is 5.69 Å². The molecular weight excluding hydrogens is 210 g/mol. The normalized spacial score (nSPS) is 10.4. The highest BCUT2D eigenvalue weighted by Gasteiger charge is 2.17.